The number of hydrogen-bond donors (Lipinski definition) is 0. The maximum atomic E-state index is 15.6. The number of hydrogen-bond acceptors (Lipinski definition) is 6. The highest BCUT2D eigenvalue weighted by atomic mass is 32.2. The van der Waals surface area contributed by atoms with Crippen LogP contribution in [0.5, 0.6) is 0 Å². The van der Waals surface area contributed by atoms with E-state index >= 15 is 4.39 Å². The van der Waals surface area contributed by atoms with E-state index in [1.165, 1.54) is 24.3 Å². The first kappa shape index (κ1) is 30.1. The second-order valence-electron chi connectivity index (χ2n) is 10.0. The lowest BCUT2D eigenvalue weighted by Crippen LogP contribution is -2.44. The van der Waals surface area contributed by atoms with Gasteiger partial charge in [0.25, 0.3) is 0 Å². The van der Waals surface area contributed by atoms with Crippen molar-refractivity contribution in [2.75, 3.05) is 14.2 Å². The van der Waals surface area contributed by atoms with Gasteiger partial charge in [-0.05, 0) is 59.5 Å². The van der Waals surface area contributed by atoms with Crippen LogP contribution in [0.25, 0.3) is 11.1 Å². The molecule has 0 unspecified atom stereocenters. The first-order valence-corrected chi connectivity index (χ1v) is 14.0. The monoisotopic (exact) mass is 622 g/mol. The molecule has 13 heteroatoms. The summed E-state index contributed by atoms with van der Waals surface area (Å²) in [5.74, 6) is -13.5. The van der Waals surface area contributed by atoms with E-state index in [0.717, 1.165) is 14.2 Å². The highest BCUT2D eigenvalue weighted by Gasteiger charge is 2.56. The fourth-order valence-corrected chi connectivity index (χ4v) is 7.28. The van der Waals surface area contributed by atoms with E-state index in [0.29, 0.717) is 23.8 Å². The van der Waals surface area contributed by atoms with Gasteiger partial charge in [0.05, 0.1) is 24.0 Å². The fourth-order valence-electron chi connectivity index (χ4n) is 5.57. The zero-order valence-corrected chi connectivity index (χ0v) is 23.4. The number of ether oxygens (including phenoxy) is 2. The predicted molar refractivity (Wildman–Crippen MR) is 140 cm³/mol. The fraction of sp³-hybridized carbons (Fsp3) is 0.200. The highest BCUT2D eigenvalue weighted by molar-refractivity contribution is 7.95. The van der Waals surface area contributed by atoms with Crippen molar-refractivity contribution in [3.8, 4) is 0 Å². The van der Waals surface area contributed by atoms with Gasteiger partial charge in [-0.25, -0.2) is 34.8 Å². The number of carbonyl (C=O) groups excluding carboxylic acids is 2. The van der Waals surface area contributed by atoms with Crippen molar-refractivity contribution in [2.45, 2.75) is 24.7 Å². The van der Waals surface area contributed by atoms with Crippen LogP contribution in [0.4, 0.5) is 26.3 Å². The molecular weight excluding hydrogens is 602 g/mol. The number of methoxy groups -OCH3 is 2. The van der Waals surface area contributed by atoms with Crippen molar-refractivity contribution >= 4 is 32.9 Å². The Morgan fingerprint density at radius 1 is 0.744 bits per heavy atom. The van der Waals surface area contributed by atoms with Crippen LogP contribution < -0.4 is 0 Å². The minimum Gasteiger partial charge on any atom is -0.468 e. The molecule has 0 atom stereocenters. The Balaban J connectivity index is 2.01. The molecule has 2 aliphatic rings. The lowest BCUT2D eigenvalue weighted by atomic mass is 9.71. The van der Waals surface area contributed by atoms with E-state index in [-0.39, 0.29) is 4.90 Å². The normalized spacial score (nSPS) is 15.7. The minimum absolute atomic E-state index is 0.331. The number of benzene rings is 3. The largest absolute Gasteiger partial charge is 0.468 e. The maximum absolute atomic E-state index is 15.6. The molecule has 0 heterocycles. The highest BCUT2D eigenvalue weighted by Crippen LogP contribution is 2.58. The molecule has 6 nitrogen and oxygen atoms in total. The molecule has 0 N–H and O–H groups in total. The van der Waals surface area contributed by atoms with Gasteiger partial charge in [0.1, 0.15) is 0 Å². The lowest BCUT2D eigenvalue weighted by molar-refractivity contribution is -0.169. The number of sulfone groups is 1. The third-order valence-corrected chi connectivity index (χ3v) is 9.48. The van der Waals surface area contributed by atoms with Gasteiger partial charge in [0.15, 0.2) is 40.3 Å². The predicted octanol–water partition coefficient (Wildman–Crippen LogP) is 5.96. The van der Waals surface area contributed by atoms with Gasteiger partial charge >= 0.3 is 11.9 Å². The quantitative estimate of drug-likeness (QED) is 0.151. The number of halogens is 6. The van der Waals surface area contributed by atoms with Crippen LogP contribution in [0.2, 0.25) is 0 Å². The molecule has 224 valence electrons. The molecule has 0 saturated carbocycles. The first-order chi connectivity index (χ1) is 20.2. The van der Waals surface area contributed by atoms with Gasteiger partial charge in [-0.1, -0.05) is 17.7 Å². The summed E-state index contributed by atoms with van der Waals surface area (Å²) < 4.78 is 126. The number of rotatable bonds is 5. The summed E-state index contributed by atoms with van der Waals surface area (Å²) in [6.45, 7) is 1.68. The van der Waals surface area contributed by atoms with E-state index in [1.54, 1.807) is 6.92 Å². The molecule has 2 aliphatic carbocycles. The SMILES string of the molecule is COC(=O)C1(C(=O)OC)CC2=C(c3cc(F)c(F)c(F)c3)c3c(cc(F)c(F)c3F)C2=C(S(=O)(=O)c2ccc(C)cc2)C1. The number of allylic oxidation sites excluding steroid dienone is 3. The molecule has 43 heavy (non-hydrogen) atoms. The van der Waals surface area contributed by atoms with Gasteiger partial charge < -0.3 is 9.47 Å². The topological polar surface area (TPSA) is 86.7 Å². The average Bonchev–Trinajstić information content (AvgIpc) is 3.30. The van der Waals surface area contributed by atoms with Crippen molar-refractivity contribution in [3.63, 3.8) is 0 Å². The van der Waals surface area contributed by atoms with Crippen molar-refractivity contribution in [2.24, 2.45) is 5.41 Å². The zero-order chi connectivity index (χ0) is 31.6. The summed E-state index contributed by atoms with van der Waals surface area (Å²) in [6, 6.07) is 6.74. The van der Waals surface area contributed by atoms with Crippen LogP contribution in [-0.4, -0.2) is 34.6 Å². The molecule has 3 aromatic carbocycles. The van der Waals surface area contributed by atoms with E-state index < -0.39 is 113 Å². The summed E-state index contributed by atoms with van der Waals surface area (Å²) >= 11 is 0. The molecule has 0 bridgehead atoms. The molecule has 0 amide bonds. The van der Waals surface area contributed by atoms with E-state index in [4.69, 9.17) is 9.47 Å². The Hall–Kier alpha value is -4.39. The Bertz CT molecular complexity index is 1870. The second-order valence-corrected chi connectivity index (χ2v) is 12.0. The van der Waals surface area contributed by atoms with Gasteiger partial charge in [-0.15, -0.1) is 0 Å². The molecule has 0 fully saturated rings. The Labute approximate surface area is 241 Å². The third-order valence-electron chi connectivity index (χ3n) is 7.59. The standard InChI is InChI=1S/C30H20F6O6S/c1-13-4-6-15(7-5-13)43(39,40)21-12-30(28(37)41-2,29(38)42-3)11-17-22(14-8-18(31)25(34)19(32)9-14)24-16(23(17)21)10-20(33)26(35)27(24)36/h4-10H,11-12H2,1-3H3. The summed E-state index contributed by atoms with van der Waals surface area (Å²) in [7, 11) is -2.89. The van der Waals surface area contributed by atoms with Crippen molar-refractivity contribution in [1.29, 1.82) is 0 Å². The van der Waals surface area contributed by atoms with Crippen molar-refractivity contribution in [1.82, 2.24) is 0 Å². The summed E-state index contributed by atoms with van der Waals surface area (Å²) in [4.78, 5) is 25.5. The second kappa shape index (κ2) is 10.4. The smallest absolute Gasteiger partial charge is 0.323 e. The van der Waals surface area contributed by atoms with Crippen LogP contribution in [0.15, 0.2) is 57.8 Å². The van der Waals surface area contributed by atoms with E-state index in [1.807, 2.05) is 0 Å². The molecule has 3 aromatic rings. The van der Waals surface area contributed by atoms with Crippen LogP contribution in [-0.2, 0) is 28.9 Å². The first-order valence-electron chi connectivity index (χ1n) is 12.5. The molecule has 0 aromatic heterocycles. The van der Waals surface area contributed by atoms with Gasteiger partial charge in [0.2, 0.25) is 9.84 Å². The number of carbonyl (C=O) groups is 2. The minimum atomic E-state index is -4.71. The Morgan fingerprint density at radius 2 is 1.28 bits per heavy atom. The average molecular weight is 623 g/mol. The molecule has 0 aliphatic heterocycles. The van der Waals surface area contributed by atoms with Crippen molar-refractivity contribution in [3.05, 3.63) is 110 Å². The van der Waals surface area contributed by atoms with Gasteiger partial charge in [-0.2, -0.15) is 0 Å². The third kappa shape index (κ3) is 4.44. The zero-order valence-electron chi connectivity index (χ0n) is 22.6. The van der Waals surface area contributed by atoms with Crippen LogP contribution in [0.3, 0.4) is 0 Å². The van der Waals surface area contributed by atoms with Gasteiger partial charge in [0, 0.05) is 24.0 Å². The number of esters is 2. The van der Waals surface area contributed by atoms with E-state index in [2.05, 4.69) is 0 Å². The van der Waals surface area contributed by atoms with Crippen LogP contribution >= 0.6 is 0 Å². The lowest BCUT2D eigenvalue weighted by Gasteiger charge is -2.35. The molecular formula is C30H20F6O6S. The summed E-state index contributed by atoms with van der Waals surface area (Å²) in [5.41, 5.74) is -5.12. The van der Waals surface area contributed by atoms with E-state index in [9.17, 15) is 40.0 Å². The maximum Gasteiger partial charge on any atom is 0.323 e. The number of fused-ring (bicyclic) bond motifs is 3. The summed E-state index contributed by atoms with van der Waals surface area (Å²) in [6.07, 6.45) is -1.72. The molecule has 5 rings (SSSR count). The summed E-state index contributed by atoms with van der Waals surface area (Å²) in [5, 5.41) is 0. The van der Waals surface area contributed by atoms with Gasteiger partial charge in [-0.3, -0.25) is 9.59 Å². The van der Waals surface area contributed by atoms with Crippen LogP contribution in [0, 0.1) is 47.2 Å². The Kier molecular flexibility index (Phi) is 7.28. The Morgan fingerprint density at radius 3 is 1.81 bits per heavy atom. The number of aryl methyl sites for hydroxylation is 1. The molecule has 0 spiro atoms. The van der Waals surface area contributed by atoms with Crippen LogP contribution in [0.1, 0.15) is 35.1 Å². The molecule has 0 radical (unpaired) electrons. The molecule has 0 saturated heterocycles. The van der Waals surface area contributed by atoms with Crippen molar-refractivity contribution < 1.29 is 53.8 Å².